The fraction of sp³-hybridized carbons (Fsp3) is 0.364. The molecule has 1 atom stereocenters. The zero-order chi connectivity index (χ0) is 20.8. The first-order chi connectivity index (χ1) is 14.5. The average molecular weight is 423 g/mol. The maximum Gasteiger partial charge on any atom is 0.306 e. The lowest BCUT2D eigenvalue weighted by atomic mass is 9.88. The Balaban J connectivity index is 1.57. The largest absolute Gasteiger partial charge is 0.489 e. The molecule has 0 bridgehead atoms. The molecule has 0 radical (unpaired) electrons. The van der Waals surface area contributed by atoms with Gasteiger partial charge < -0.3 is 15.2 Å². The molecule has 1 aliphatic carbocycles. The number of carboxylic acids is 1. The number of aryl methyl sites for hydroxylation is 1. The van der Waals surface area contributed by atoms with Crippen LogP contribution >= 0.6 is 11.3 Å². The highest BCUT2D eigenvalue weighted by molar-refractivity contribution is 7.19. The highest BCUT2D eigenvalue weighted by Crippen LogP contribution is 2.41. The second-order valence-electron chi connectivity index (χ2n) is 7.99. The molecular weight excluding hydrogens is 400 g/mol. The van der Waals surface area contributed by atoms with E-state index in [1.54, 1.807) is 17.7 Å². The van der Waals surface area contributed by atoms with Crippen molar-refractivity contribution in [2.75, 3.05) is 5.32 Å². The molecule has 1 aromatic carbocycles. The number of hydrogen-bond acceptors (Lipinski definition) is 7. The Morgan fingerprint density at radius 1 is 1.33 bits per heavy atom. The number of fused-ring (bicyclic) bond motifs is 4. The lowest BCUT2D eigenvalue weighted by Gasteiger charge is -2.19. The fourth-order valence-electron chi connectivity index (χ4n) is 4.13. The van der Waals surface area contributed by atoms with E-state index in [0.29, 0.717) is 19.4 Å². The quantitative estimate of drug-likeness (QED) is 0.635. The van der Waals surface area contributed by atoms with Gasteiger partial charge in [-0.15, -0.1) is 11.3 Å². The van der Waals surface area contributed by atoms with Crippen molar-refractivity contribution in [1.29, 1.82) is 0 Å². The number of anilines is 2. The highest BCUT2D eigenvalue weighted by atomic mass is 32.1. The number of ether oxygens (including phenoxy) is 1. The molecule has 5 rings (SSSR count). The number of nitrogens with one attached hydrogen (secondary N) is 1. The van der Waals surface area contributed by atoms with Gasteiger partial charge >= 0.3 is 5.97 Å². The number of aliphatic imine (C=N–C) groups is 1. The van der Waals surface area contributed by atoms with Crippen molar-refractivity contribution in [2.45, 2.75) is 45.8 Å². The molecular formula is C22H22N4O3S. The number of carbonyl (C=O) groups is 1. The first-order valence-electron chi connectivity index (χ1n) is 10.1. The molecule has 0 amide bonds. The fourth-order valence-corrected chi connectivity index (χ4v) is 5.40. The molecule has 0 fully saturated rings. The molecule has 8 heteroatoms. The van der Waals surface area contributed by atoms with Gasteiger partial charge in [-0.2, -0.15) is 0 Å². The van der Waals surface area contributed by atoms with Crippen molar-refractivity contribution in [3.8, 4) is 5.75 Å². The summed E-state index contributed by atoms with van der Waals surface area (Å²) in [4.78, 5) is 26.8. The highest BCUT2D eigenvalue weighted by Gasteiger charge is 2.29. The van der Waals surface area contributed by atoms with Crippen LogP contribution in [0.25, 0.3) is 10.2 Å². The number of nitrogens with zero attached hydrogens (tertiary/aromatic N) is 3. The zero-order valence-electron chi connectivity index (χ0n) is 16.8. The van der Waals surface area contributed by atoms with Crippen LogP contribution in [0.2, 0.25) is 0 Å². The van der Waals surface area contributed by atoms with Gasteiger partial charge in [0.25, 0.3) is 0 Å². The molecule has 0 saturated heterocycles. The van der Waals surface area contributed by atoms with Crippen molar-refractivity contribution >= 4 is 45.2 Å². The van der Waals surface area contributed by atoms with E-state index in [0.717, 1.165) is 49.9 Å². The number of aliphatic carboxylic acids is 1. The summed E-state index contributed by atoms with van der Waals surface area (Å²) in [5.41, 5.74) is 4.24. The van der Waals surface area contributed by atoms with E-state index in [9.17, 15) is 9.90 Å². The Hall–Kier alpha value is -3.00. The molecule has 0 spiro atoms. The van der Waals surface area contributed by atoms with Crippen LogP contribution in [0, 0.1) is 5.92 Å². The van der Waals surface area contributed by atoms with Gasteiger partial charge in [0.15, 0.2) is 0 Å². The van der Waals surface area contributed by atoms with Crippen LogP contribution in [-0.2, 0) is 24.2 Å². The minimum atomic E-state index is -0.724. The summed E-state index contributed by atoms with van der Waals surface area (Å²) in [6.45, 7) is 4.68. The maximum absolute atomic E-state index is 11.4. The van der Waals surface area contributed by atoms with E-state index in [1.165, 1.54) is 5.56 Å². The van der Waals surface area contributed by atoms with E-state index in [4.69, 9.17) is 4.74 Å². The predicted octanol–water partition coefficient (Wildman–Crippen LogP) is 4.34. The Morgan fingerprint density at radius 2 is 2.20 bits per heavy atom. The number of benzene rings is 1. The van der Waals surface area contributed by atoms with Gasteiger partial charge in [0.05, 0.1) is 29.6 Å². The van der Waals surface area contributed by atoms with E-state index < -0.39 is 5.97 Å². The zero-order valence-corrected chi connectivity index (χ0v) is 17.6. The van der Waals surface area contributed by atoms with Gasteiger partial charge in [-0.25, -0.2) is 9.97 Å². The molecule has 2 aromatic heterocycles. The van der Waals surface area contributed by atoms with Crippen molar-refractivity contribution in [3.05, 3.63) is 40.0 Å². The Labute approximate surface area is 177 Å². The van der Waals surface area contributed by atoms with Gasteiger partial charge in [-0.05, 0) is 61.9 Å². The minimum Gasteiger partial charge on any atom is -0.489 e. The molecule has 30 heavy (non-hydrogen) atoms. The van der Waals surface area contributed by atoms with Crippen LogP contribution in [-0.4, -0.2) is 33.4 Å². The molecule has 3 heterocycles. The second kappa shape index (κ2) is 7.36. The number of rotatable bonds is 5. The van der Waals surface area contributed by atoms with Crippen LogP contribution < -0.4 is 10.1 Å². The van der Waals surface area contributed by atoms with E-state index in [-0.39, 0.29) is 12.0 Å². The van der Waals surface area contributed by atoms with Crippen LogP contribution in [0.4, 0.5) is 11.5 Å². The third-order valence-corrected chi connectivity index (χ3v) is 6.71. The molecule has 1 aliphatic heterocycles. The van der Waals surface area contributed by atoms with Crippen molar-refractivity contribution in [3.63, 3.8) is 0 Å². The number of thiophene rings is 1. The summed E-state index contributed by atoms with van der Waals surface area (Å²) in [6.07, 6.45) is 5.40. The van der Waals surface area contributed by atoms with Gasteiger partial charge in [-0.1, -0.05) is 0 Å². The standard InChI is InChI=1S/C22H22N4O3S/c1-11(2)29-17-6-14-9-23-8-13(14)5-16(17)26-20-19-15-4-3-12(22(27)28)7-18(15)30-21(19)25-10-24-20/h5-6,8,10-12H,3-4,7,9H2,1-2H3,(H,27,28)(H,24,25,26)/t12-/m0/s1. The Morgan fingerprint density at radius 3 is 3.00 bits per heavy atom. The van der Waals surface area contributed by atoms with Crippen LogP contribution in [0.5, 0.6) is 5.75 Å². The SMILES string of the molecule is CC(C)Oc1cc2c(cc1Nc1ncnc3sc4c(c13)CC[C@H](C(=O)O)C4)C=NC2. The average Bonchev–Trinajstić information content (AvgIpc) is 3.31. The molecule has 2 aliphatic rings. The van der Waals surface area contributed by atoms with Crippen LogP contribution in [0.1, 0.15) is 41.8 Å². The monoisotopic (exact) mass is 422 g/mol. The van der Waals surface area contributed by atoms with Gasteiger partial charge in [0, 0.05) is 11.1 Å². The van der Waals surface area contributed by atoms with E-state index >= 15 is 0 Å². The lowest BCUT2D eigenvalue weighted by molar-refractivity contribution is -0.142. The molecule has 7 nitrogen and oxygen atoms in total. The molecule has 2 N–H and O–H groups in total. The Bertz CT molecular complexity index is 1180. The van der Waals surface area contributed by atoms with Crippen molar-refractivity contribution < 1.29 is 14.6 Å². The van der Waals surface area contributed by atoms with Crippen LogP contribution in [0.3, 0.4) is 0 Å². The minimum absolute atomic E-state index is 0.0400. The summed E-state index contributed by atoms with van der Waals surface area (Å²) in [7, 11) is 0. The second-order valence-corrected chi connectivity index (χ2v) is 9.08. The summed E-state index contributed by atoms with van der Waals surface area (Å²) in [6, 6.07) is 4.10. The molecule has 0 saturated carbocycles. The maximum atomic E-state index is 11.4. The van der Waals surface area contributed by atoms with Gasteiger partial charge in [-0.3, -0.25) is 9.79 Å². The first kappa shape index (κ1) is 19.0. The lowest BCUT2D eigenvalue weighted by Crippen LogP contribution is -2.21. The third kappa shape index (κ3) is 3.31. The summed E-state index contributed by atoms with van der Waals surface area (Å²) in [5.74, 6) is 0.459. The normalized spacial score (nSPS) is 17.2. The van der Waals surface area contributed by atoms with E-state index in [2.05, 4.69) is 26.3 Å². The first-order valence-corrected chi connectivity index (χ1v) is 10.9. The number of hydrogen-bond donors (Lipinski definition) is 2. The van der Waals surface area contributed by atoms with Gasteiger partial charge in [0.1, 0.15) is 22.7 Å². The molecule has 3 aromatic rings. The summed E-state index contributed by atoms with van der Waals surface area (Å²) in [5, 5.41) is 13.9. The third-order valence-electron chi connectivity index (χ3n) is 5.54. The predicted molar refractivity (Wildman–Crippen MR) is 117 cm³/mol. The number of aromatic nitrogens is 2. The van der Waals surface area contributed by atoms with Crippen molar-refractivity contribution in [1.82, 2.24) is 9.97 Å². The molecule has 0 unspecified atom stereocenters. The van der Waals surface area contributed by atoms with Crippen LogP contribution in [0.15, 0.2) is 23.5 Å². The smallest absolute Gasteiger partial charge is 0.306 e. The van der Waals surface area contributed by atoms with E-state index in [1.807, 2.05) is 26.1 Å². The Kier molecular flexibility index (Phi) is 4.66. The molecule has 154 valence electrons. The van der Waals surface area contributed by atoms with Crippen molar-refractivity contribution in [2.24, 2.45) is 10.9 Å². The summed E-state index contributed by atoms with van der Waals surface area (Å²) >= 11 is 1.57. The topological polar surface area (TPSA) is 96.7 Å². The number of carboxylic acid groups (broad SMARTS) is 1. The van der Waals surface area contributed by atoms with Gasteiger partial charge in [0.2, 0.25) is 0 Å². The summed E-state index contributed by atoms with van der Waals surface area (Å²) < 4.78 is 6.07.